The van der Waals surface area contributed by atoms with E-state index >= 15 is 0 Å². The standard InChI is InChI=1S/C20H19ClN2O3S/c1-12-3-5-16(9-13(12)2)25-7-8-26-17-6-4-15(21)10-14(17)11-18-19(24)23-20(22)27-18/h3-6,9-11H,7-8H2,1-2H3,(H2,22,23,24). The molecule has 3 rings (SSSR count). The number of halogens is 1. The van der Waals surface area contributed by atoms with Crippen LogP contribution in [0.5, 0.6) is 11.5 Å². The zero-order chi connectivity index (χ0) is 19.4. The maximum atomic E-state index is 11.8. The molecule has 0 saturated carbocycles. The largest absolute Gasteiger partial charge is 0.490 e. The number of amidine groups is 1. The zero-order valence-corrected chi connectivity index (χ0v) is 16.6. The molecule has 0 bridgehead atoms. The monoisotopic (exact) mass is 402 g/mol. The van der Waals surface area contributed by atoms with Gasteiger partial charge in [-0.3, -0.25) is 4.79 Å². The summed E-state index contributed by atoms with van der Waals surface area (Å²) in [5, 5.41) is 0.780. The van der Waals surface area contributed by atoms with Gasteiger partial charge in [-0.05, 0) is 73.1 Å². The third kappa shape index (κ3) is 5.05. The van der Waals surface area contributed by atoms with Gasteiger partial charge in [0.05, 0.1) is 4.91 Å². The number of rotatable bonds is 6. The molecule has 0 saturated heterocycles. The molecule has 0 fully saturated rings. The molecule has 0 aromatic heterocycles. The number of benzene rings is 2. The molecule has 1 heterocycles. The Balaban J connectivity index is 1.64. The van der Waals surface area contributed by atoms with Gasteiger partial charge in [-0.15, -0.1) is 0 Å². The molecule has 0 aliphatic carbocycles. The lowest BCUT2D eigenvalue weighted by molar-refractivity contribution is -0.113. The predicted octanol–water partition coefficient (Wildman–Crippen LogP) is 4.34. The summed E-state index contributed by atoms with van der Waals surface area (Å²) in [5.41, 5.74) is 8.68. The number of hydrogen-bond acceptors (Lipinski definition) is 5. The molecule has 1 aliphatic rings. The van der Waals surface area contributed by atoms with Gasteiger partial charge in [-0.1, -0.05) is 17.7 Å². The first-order chi connectivity index (χ1) is 12.9. The van der Waals surface area contributed by atoms with Crippen molar-refractivity contribution in [2.45, 2.75) is 13.8 Å². The fourth-order valence-corrected chi connectivity index (χ4v) is 3.30. The smallest absolute Gasteiger partial charge is 0.286 e. The lowest BCUT2D eigenvalue weighted by Gasteiger charge is -2.12. The average molecular weight is 403 g/mol. The summed E-state index contributed by atoms with van der Waals surface area (Å²) < 4.78 is 11.6. The van der Waals surface area contributed by atoms with Crippen LogP contribution >= 0.6 is 23.4 Å². The first kappa shape index (κ1) is 19.3. The number of aryl methyl sites for hydroxylation is 2. The Bertz CT molecular complexity index is 941. The van der Waals surface area contributed by atoms with Crippen molar-refractivity contribution in [1.29, 1.82) is 0 Å². The molecule has 0 radical (unpaired) electrons. The van der Waals surface area contributed by atoms with Crippen molar-refractivity contribution < 1.29 is 14.3 Å². The number of thioether (sulfide) groups is 1. The minimum atomic E-state index is -0.360. The molecule has 2 aromatic rings. The fourth-order valence-electron chi connectivity index (χ4n) is 2.45. The highest BCUT2D eigenvalue weighted by Gasteiger charge is 2.20. The predicted molar refractivity (Wildman–Crippen MR) is 111 cm³/mol. The van der Waals surface area contributed by atoms with Crippen LogP contribution in [-0.2, 0) is 4.79 Å². The molecule has 5 nitrogen and oxygen atoms in total. The number of hydrogen-bond donors (Lipinski definition) is 1. The Kier molecular flexibility index (Phi) is 6.08. The van der Waals surface area contributed by atoms with E-state index in [9.17, 15) is 4.79 Å². The summed E-state index contributed by atoms with van der Waals surface area (Å²) in [7, 11) is 0. The molecule has 140 valence electrons. The molecular formula is C20H19ClN2O3S. The van der Waals surface area contributed by atoms with Crippen LogP contribution in [-0.4, -0.2) is 24.3 Å². The van der Waals surface area contributed by atoms with Gasteiger partial charge < -0.3 is 15.2 Å². The minimum Gasteiger partial charge on any atom is -0.490 e. The summed E-state index contributed by atoms with van der Waals surface area (Å²) in [6.45, 7) is 4.85. The van der Waals surface area contributed by atoms with Crippen LogP contribution in [0.15, 0.2) is 46.3 Å². The summed E-state index contributed by atoms with van der Waals surface area (Å²) in [5.74, 6) is 1.05. The number of carbonyl (C=O) groups is 1. The first-order valence-corrected chi connectivity index (χ1v) is 9.52. The van der Waals surface area contributed by atoms with Crippen molar-refractivity contribution in [3.05, 3.63) is 63.0 Å². The van der Waals surface area contributed by atoms with Crippen LogP contribution in [0.4, 0.5) is 0 Å². The second-order valence-electron chi connectivity index (χ2n) is 5.99. The van der Waals surface area contributed by atoms with Crippen molar-refractivity contribution in [3.8, 4) is 11.5 Å². The van der Waals surface area contributed by atoms with Crippen LogP contribution in [0, 0.1) is 13.8 Å². The van der Waals surface area contributed by atoms with E-state index < -0.39 is 0 Å². The van der Waals surface area contributed by atoms with Gasteiger partial charge in [0.2, 0.25) is 0 Å². The number of aliphatic imine (C=N–C) groups is 1. The molecular weight excluding hydrogens is 384 g/mol. The lowest BCUT2D eigenvalue weighted by atomic mass is 10.1. The number of nitrogens with zero attached hydrogens (tertiary/aromatic N) is 1. The van der Waals surface area contributed by atoms with Crippen molar-refractivity contribution in [2.24, 2.45) is 10.7 Å². The maximum Gasteiger partial charge on any atom is 0.286 e. The Hall–Kier alpha value is -2.44. The molecule has 0 spiro atoms. The van der Waals surface area contributed by atoms with Crippen molar-refractivity contribution in [2.75, 3.05) is 13.2 Å². The van der Waals surface area contributed by atoms with Gasteiger partial charge in [0.15, 0.2) is 5.17 Å². The Morgan fingerprint density at radius 2 is 1.89 bits per heavy atom. The van der Waals surface area contributed by atoms with Crippen molar-refractivity contribution in [3.63, 3.8) is 0 Å². The zero-order valence-electron chi connectivity index (χ0n) is 15.0. The quantitative estimate of drug-likeness (QED) is 0.574. The minimum absolute atomic E-state index is 0.234. The maximum absolute atomic E-state index is 11.8. The van der Waals surface area contributed by atoms with Gasteiger partial charge >= 0.3 is 0 Å². The topological polar surface area (TPSA) is 73.9 Å². The van der Waals surface area contributed by atoms with Gasteiger partial charge in [-0.25, -0.2) is 0 Å². The van der Waals surface area contributed by atoms with E-state index in [4.69, 9.17) is 26.8 Å². The lowest BCUT2D eigenvalue weighted by Crippen LogP contribution is -2.09. The summed E-state index contributed by atoms with van der Waals surface area (Å²) in [6, 6.07) is 11.2. The highest BCUT2D eigenvalue weighted by Crippen LogP contribution is 2.31. The van der Waals surface area contributed by atoms with E-state index in [0.717, 1.165) is 17.5 Å². The van der Waals surface area contributed by atoms with E-state index in [1.807, 2.05) is 25.1 Å². The third-order valence-electron chi connectivity index (χ3n) is 3.98. The van der Waals surface area contributed by atoms with Crippen LogP contribution in [0.3, 0.4) is 0 Å². The van der Waals surface area contributed by atoms with Gasteiger partial charge in [0.1, 0.15) is 24.7 Å². The molecule has 2 N–H and O–H groups in total. The summed E-state index contributed by atoms with van der Waals surface area (Å²) >= 11 is 7.21. The summed E-state index contributed by atoms with van der Waals surface area (Å²) in [4.78, 5) is 15.9. The van der Waals surface area contributed by atoms with Crippen LogP contribution in [0.1, 0.15) is 16.7 Å². The van der Waals surface area contributed by atoms with Gasteiger partial charge in [0, 0.05) is 10.6 Å². The number of ether oxygens (including phenoxy) is 2. The number of nitrogens with two attached hydrogens (primary N) is 1. The van der Waals surface area contributed by atoms with E-state index in [1.54, 1.807) is 24.3 Å². The molecule has 1 amide bonds. The van der Waals surface area contributed by atoms with Gasteiger partial charge in [0.25, 0.3) is 5.91 Å². The molecule has 7 heteroatoms. The van der Waals surface area contributed by atoms with E-state index in [0.29, 0.717) is 34.5 Å². The second kappa shape index (κ2) is 8.50. The molecule has 1 aliphatic heterocycles. The van der Waals surface area contributed by atoms with Crippen molar-refractivity contribution in [1.82, 2.24) is 0 Å². The Morgan fingerprint density at radius 1 is 1.11 bits per heavy atom. The van der Waals surface area contributed by atoms with Crippen LogP contribution in [0.25, 0.3) is 6.08 Å². The third-order valence-corrected chi connectivity index (χ3v) is 5.03. The molecule has 2 aromatic carbocycles. The molecule has 27 heavy (non-hydrogen) atoms. The normalized spacial score (nSPS) is 15.1. The SMILES string of the molecule is Cc1ccc(OCCOc2ccc(Cl)cc2C=C2SC(N)=NC2=O)cc1C. The number of amides is 1. The van der Waals surface area contributed by atoms with E-state index in [-0.39, 0.29) is 11.1 Å². The van der Waals surface area contributed by atoms with Gasteiger partial charge in [-0.2, -0.15) is 4.99 Å². The Labute approximate surface area is 167 Å². The average Bonchev–Trinajstić information content (AvgIpc) is 2.93. The molecule has 0 atom stereocenters. The van der Waals surface area contributed by atoms with Crippen molar-refractivity contribution >= 4 is 40.5 Å². The van der Waals surface area contributed by atoms with E-state index in [1.165, 1.54) is 11.1 Å². The fraction of sp³-hybridized carbons (Fsp3) is 0.200. The first-order valence-electron chi connectivity index (χ1n) is 8.33. The van der Waals surface area contributed by atoms with E-state index in [2.05, 4.69) is 11.9 Å². The summed E-state index contributed by atoms with van der Waals surface area (Å²) in [6.07, 6.45) is 1.68. The molecule has 0 unspecified atom stereocenters. The Morgan fingerprint density at radius 3 is 2.59 bits per heavy atom. The van der Waals surface area contributed by atoms with Crippen LogP contribution < -0.4 is 15.2 Å². The highest BCUT2D eigenvalue weighted by atomic mass is 35.5. The highest BCUT2D eigenvalue weighted by molar-refractivity contribution is 8.18. The second-order valence-corrected chi connectivity index (χ2v) is 7.49. The van der Waals surface area contributed by atoms with Crippen LogP contribution in [0.2, 0.25) is 5.02 Å². The number of carbonyl (C=O) groups excluding carboxylic acids is 1.